The van der Waals surface area contributed by atoms with Gasteiger partial charge < -0.3 is 14.8 Å². The first-order valence-electron chi connectivity index (χ1n) is 9.19. The van der Waals surface area contributed by atoms with Crippen LogP contribution in [0, 0.1) is 6.92 Å². The minimum absolute atomic E-state index is 0.0837. The van der Waals surface area contributed by atoms with Crippen LogP contribution in [0.15, 0.2) is 42.5 Å². The number of amides is 1. The van der Waals surface area contributed by atoms with Gasteiger partial charge in [-0.25, -0.2) is 0 Å². The highest BCUT2D eigenvalue weighted by Gasteiger charge is 2.24. The van der Waals surface area contributed by atoms with Crippen molar-refractivity contribution in [3.05, 3.63) is 59.2 Å². The Morgan fingerprint density at radius 2 is 1.81 bits per heavy atom. The molecule has 1 fully saturated rings. The average molecular weight is 352 g/mol. The molecule has 0 bridgehead atoms. The first-order chi connectivity index (χ1) is 12.7. The normalized spacial score (nSPS) is 17.3. The second kappa shape index (κ2) is 7.38. The molecule has 0 aliphatic carbocycles. The van der Waals surface area contributed by atoms with Gasteiger partial charge in [0.2, 0.25) is 6.79 Å². The van der Waals surface area contributed by atoms with Crippen molar-refractivity contribution >= 4 is 5.91 Å². The van der Waals surface area contributed by atoms with E-state index in [1.165, 1.54) is 24.0 Å². The fourth-order valence-corrected chi connectivity index (χ4v) is 3.63. The molecule has 5 nitrogen and oxygen atoms in total. The molecule has 1 saturated heterocycles. The molecule has 4 rings (SSSR count). The van der Waals surface area contributed by atoms with E-state index >= 15 is 0 Å². The van der Waals surface area contributed by atoms with Crippen molar-refractivity contribution in [2.75, 3.05) is 26.4 Å². The summed E-state index contributed by atoms with van der Waals surface area (Å²) in [5.41, 5.74) is 3.10. The molecule has 2 heterocycles. The molecule has 1 atom stereocenters. The van der Waals surface area contributed by atoms with E-state index < -0.39 is 0 Å². The fourth-order valence-electron chi connectivity index (χ4n) is 3.63. The number of carbonyl (C=O) groups is 1. The summed E-state index contributed by atoms with van der Waals surface area (Å²) in [4.78, 5) is 15.1. The summed E-state index contributed by atoms with van der Waals surface area (Å²) >= 11 is 0. The summed E-state index contributed by atoms with van der Waals surface area (Å²) in [6, 6.07) is 14.1. The minimum Gasteiger partial charge on any atom is -0.454 e. The molecule has 26 heavy (non-hydrogen) atoms. The summed E-state index contributed by atoms with van der Waals surface area (Å²) in [6.45, 7) is 5.06. The molecule has 2 aliphatic heterocycles. The molecule has 0 spiro atoms. The van der Waals surface area contributed by atoms with Crippen LogP contribution in [-0.4, -0.2) is 37.2 Å². The lowest BCUT2D eigenvalue weighted by Crippen LogP contribution is -2.36. The number of likely N-dealkylation sites (tertiary alicyclic amines) is 1. The predicted molar refractivity (Wildman–Crippen MR) is 99.6 cm³/mol. The van der Waals surface area contributed by atoms with Gasteiger partial charge in [-0.05, 0) is 56.6 Å². The van der Waals surface area contributed by atoms with Crippen molar-refractivity contribution in [2.45, 2.75) is 25.8 Å². The van der Waals surface area contributed by atoms with Gasteiger partial charge in [0, 0.05) is 12.1 Å². The van der Waals surface area contributed by atoms with Crippen LogP contribution in [0.1, 0.15) is 40.4 Å². The summed E-state index contributed by atoms with van der Waals surface area (Å²) in [6.07, 6.45) is 2.44. The van der Waals surface area contributed by atoms with Gasteiger partial charge in [0.25, 0.3) is 5.91 Å². The number of aryl methyl sites for hydroxylation is 1. The number of fused-ring (bicyclic) bond motifs is 1. The van der Waals surface area contributed by atoms with Gasteiger partial charge in [0.1, 0.15) is 0 Å². The average Bonchev–Trinajstić information content (AvgIpc) is 3.34. The maximum atomic E-state index is 12.6. The molecule has 0 radical (unpaired) electrons. The zero-order chi connectivity index (χ0) is 17.9. The van der Waals surface area contributed by atoms with Crippen LogP contribution in [0.5, 0.6) is 11.5 Å². The van der Waals surface area contributed by atoms with Crippen LogP contribution in [0.4, 0.5) is 0 Å². The Kier molecular flexibility index (Phi) is 4.80. The minimum atomic E-state index is -0.0837. The Balaban J connectivity index is 1.47. The van der Waals surface area contributed by atoms with E-state index in [0.29, 0.717) is 23.6 Å². The Hall–Kier alpha value is -2.53. The van der Waals surface area contributed by atoms with Crippen LogP contribution in [0.25, 0.3) is 0 Å². The highest BCUT2D eigenvalue weighted by molar-refractivity contribution is 5.95. The number of ether oxygens (including phenoxy) is 2. The third kappa shape index (κ3) is 3.53. The van der Waals surface area contributed by atoms with Crippen molar-refractivity contribution in [1.29, 1.82) is 0 Å². The predicted octanol–water partition coefficient (Wildman–Crippen LogP) is 3.29. The van der Waals surface area contributed by atoms with E-state index in [0.717, 1.165) is 13.1 Å². The van der Waals surface area contributed by atoms with Gasteiger partial charge in [0.15, 0.2) is 11.5 Å². The van der Waals surface area contributed by atoms with Crippen LogP contribution in [0.3, 0.4) is 0 Å². The lowest BCUT2D eigenvalue weighted by atomic mass is 10.0. The van der Waals surface area contributed by atoms with E-state index in [4.69, 9.17) is 9.47 Å². The molecule has 1 N–H and O–H groups in total. The molecule has 2 aliphatic rings. The standard InChI is InChI=1S/C21H24N2O3/c1-15-4-6-16(7-5-15)18(23-10-2-3-11-23)13-22-21(24)17-8-9-19-20(12-17)26-14-25-19/h4-9,12,18H,2-3,10-11,13-14H2,1H3,(H,22,24). The molecule has 136 valence electrons. The molecule has 1 amide bonds. The van der Waals surface area contributed by atoms with Crippen molar-refractivity contribution in [3.63, 3.8) is 0 Å². The van der Waals surface area contributed by atoms with Crippen LogP contribution >= 0.6 is 0 Å². The molecule has 0 aromatic heterocycles. The van der Waals surface area contributed by atoms with E-state index in [-0.39, 0.29) is 18.7 Å². The lowest BCUT2D eigenvalue weighted by molar-refractivity contribution is 0.0937. The summed E-state index contributed by atoms with van der Waals surface area (Å²) in [5, 5.41) is 3.10. The number of hydrogen-bond acceptors (Lipinski definition) is 4. The molecule has 5 heteroatoms. The number of rotatable bonds is 5. The van der Waals surface area contributed by atoms with E-state index in [1.54, 1.807) is 18.2 Å². The van der Waals surface area contributed by atoms with Crippen LogP contribution < -0.4 is 14.8 Å². The number of benzene rings is 2. The third-order valence-corrected chi connectivity index (χ3v) is 5.13. The quantitative estimate of drug-likeness (QED) is 0.897. The molecular formula is C21H24N2O3. The van der Waals surface area contributed by atoms with E-state index in [1.807, 2.05) is 0 Å². The second-order valence-electron chi connectivity index (χ2n) is 6.95. The van der Waals surface area contributed by atoms with Gasteiger partial charge in [-0.15, -0.1) is 0 Å². The van der Waals surface area contributed by atoms with Crippen molar-refractivity contribution in [1.82, 2.24) is 10.2 Å². The monoisotopic (exact) mass is 352 g/mol. The number of carbonyl (C=O) groups excluding carboxylic acids is 1. The first kappa shape index (κ1) is 16.9. The SMILES string of the molecule is Cc1ccc(C(CNC(=O)c2ccc3c(c2)OCO3)N2CCCC2)cc1. The van der Waals surface area contributed by atoms with Crippen LogP contribution in [-0.2, 0) is 0 Å². The van der Waals surface area contributed by atoms with E-state index in [9.17, 15) is 4.79 Å². The van der Waals surface area contributed by atoms with Crippen molar-refractivity contribution in [2.24, 2.45) is 0 Å². The largest absolute Gasteiger partial charge is 0.454 e. The van der Waals surface area contributed by atoms with Crippen molar-refractivity contribution in [3.8, 4) is 11.5 Å². The second-order valence-corrected chi connectivity index (χ2v) is 6.95. The maximum Gasteiger partial charge on any atom is 0.251 e. The number of nitrogens with zero attached hydrogens (tertiary/aromatic N) is 1. The molecule has 2 aromatic rings. The van der Waals surface area contributed by atoms with Gasteiger partial charge in [-0.3, -0.25) is 9.69 Å². The van der Waals surface area contributed by atoms with E-state index in [2.05, 4.69) is 41.4 Å². The fraction of sp³-hybridized carbons (Fsp3) is 0.381. The smallest absolute Gasteiger partial charge is 0.251 e. The Labute approximate surface area is 153 Å². The highest BCUT2D eigenvalue weighted by Crippen LogP contribution is 2.32. The topological polar surface area (TPSA) is 50.8 Å². The Morgan fingerprint density at radius 3 is 2.58 bits per heavy atom. The Bertz CT molecular complexity index is 782. The molecular weight excluding hydrogens is 328 g/mol. The van der Waals surface area contributed by atoms with Gasteiger partial charge >= 0.3 is 0 Å². The number of hydrogen-bond donors (Lipinski definition) is 1. The zero-order valence-electron chi connectivity index (χ0n) is 15.0. The summed E-state index contributed by atoms with van der Waals surface area (Å²) < 4.78 is 10.7. The molecule has 2 aromatic carbocycles. The van der Waals surface area contributed by atoms with Gasteiger partial charge in [0.05, 0.1) is 6.04 Å². The lowest BCUT2D eigenvalue weighted by Gasteiger charge is -2.28. The van der Waals surface area contributed by atoms with Gasteiger partial charge in [-0.1, -0.05) is 29.8 Å². The van der Waals surface area contributed by atoms with Gasteiger partial charge in [-0.2, -0.15) is 0 Å². The molecule has 0 saturated carbocycles. The van der Waals surface area contributed by atoms with Crippen molar-refractivity contribution < 1.29 is 14.3 Å². The number of nitrogens with one attached hydrogen (secondary N) is 1. The third-order valence-electron chi connectivity index (χ3n) is 5.13. The zero-order valence-corrected chi connectivity index (χ0v) is 15.0. The van der Waals surface area contributed by atoms with Crippen LogP contribution in [0.2, 0.25) is 0 Å². The maximum absolute atomic E-state index is 12.6. The molecule has 1 unspecified atom stereocenters. The highest BCUT2D eigenvalue weighted by atomic mass is 16.7. The summed E-state index contributed by atoms with van der Waals surface area (Å²) in [7, 11) is 0. The first-order valence-corrected chi connectivity index (χ1v) is 9.19. The Morgan fingerprint density at radius 1 is 1.08 bits per heavy atom. The summed E-state index contributed by atoms with van der Waals surface area (Å²) in [5.74, 6) is 1.24.